The van der Waals surface area contributed by atoms with Crippen LogP contribution in [0.5, 0.6) is 5.75 Å². The molecular weight excluding hydrogens is 482 g/mol. The molecule has 35 heavy (non-hydrogen) atoms. The fourth-order valence-electron chi connectivity index (χ4n) is 3.65. The minimum absolute atomic E-state index is 0.103. The maximum atomic E-state index is 13.5. The number of halogens is 1. The maximum absolute atomic E-state index is 13.5. The minimum atomic E-state index is -0.530. The Morgan fingerprint density at radius 3 is 2.37 bits per heavy atom. The van der Waals surface area contributed by atoms with E-state index in [1.54, 1.807) is 43.5 Å². The lowest BCUT2D eigenvalue weighted by Gasteiger charge is -2.19. The molecule has 1 aliphatic heterocycles. The van der Waals surface area contributed by atoms with Gasteiger partial charge in [-0.25, -0.2) is 0 Å². The summed E-state index contributed by atoms with van der Waals surface area (Å²) in [4.78, 5) is 28.0. The molecule has 1 saturated heterocycles. The number of amides is 2. The van der Waals surface area contributed by atoms with Crippen LogP contribution in [0.4, 0.5) is 5.69 Å². The number of hydrogen-bond acceptors (Lipinski definition) is 5. The number of nitrogens with one attached hydrogen (secondary N) is 1. The zero-order chi connectivity index (χ0) is 24.8. The number of hydrogen-bond donors (Lipinski definition) is 1. The van der Waals surface area contributed by atoms with E-state index in [0.717, 1.165) is 11.1 Å². The summed E-state index contributed by atoms with van der Waals surface area (Å²) < 4.78 is 5.23. The summed E-state index contributed by atoms with van der Waals surface area (Å²) in [5.74, 6) is -0.0940. The van der Waals surface area contributed by atoms with Crippen LogP contribution in [0.2, 0.25) is 5.02 Å². The van der Waals surface area contributed by atoms with Gasteiger partial charge in [-0.15, -0.1) is 0 Å². The van der Waals surface area contributed by atoms with Crippen molar-refractivity contribution in [2.75, 3.05) is 12.0 Å². The van der Waals surface area contributed by atoms with Crippen LogP contribution >= 0.6 is 23.4 Å². The number of anilines is 1. The van der Waals surface area contributed by atoms with Crippen molar-refractivity contribution in [3.8, 4) is 11.8 Å². The number of carbonyl (C=O) groups is 2. The van der Waals surface area contributed by atoms with E-state index in [4.69, 9.17) is 16.3 Å². The summed E-state index contributed by atoms with van der Waals surface area (Å²) in [5, 5.41) is 13.2. The minimum Gasteiger partial charge on any atom is -0.497 e. The Bertz CT molecular complexity index is 1290. The van der Waals surface area contributed by atoms with Crippen LogP contribution < -0.4 is 15.0 Å². The summed E-state index contributed by atoms with van der Waals surface area (Å²) in [5.41, 5.74) is 2.29. The molecule has 0 radical (unpaired) electrons. The highest BCUT2D eigenvalue weighted by Crippen LogP contribution is 2.42. The van der Waals surface area contributed by atoms with E-state index in [2.05, 4.69) is 5.32 Å². The first-order valence-electron chi connectivity index (χ1n) is 10.9. The number of carbonyl (C=O) groups excluding carboxylic acids is 2. The molecule has 176 valence electrons. The van der Waals surface area contributed by atoms with Crippen molar-refractivity contribution in [1.82, 2.24) is 5.32 Å². The van der Waals surface area contributed by atoms with E-state index in [9.17, 15) is 14.9 Å². The Kier molecular flexibility index (Phi) is 7.76. The van der Waals surface area contributed by atoms with Gasteiger partial charge in [-0.3, -0.25) is 14.5 Å². The van der Waals surface area contributed by atoms with Crippen molar-refractivity contribution in [3.63, 3.8) is 0 Å². The molecule has 6 nitrogen and oxygen atoms in total. The van der Waals surface area contributed by atoms with Crippen molar-refractivity contribution in [2.24, 2.45) is 0 Å². The number of rotatable bonds is 7. The van der Waals surface area contributed by atoms with Crippen LogP contribution in [0.3, 0.4) is 0 Å². The van der Waals surface area contributed by atoms with E-state index >= 15 is 0 Å². The summed E-state index contributed by atoms with van der Waals surface area (Å²) in [6.07, 6.45) is 0.432. The number of nitriles is 1. The fraction of sp³-hybridized carbons (Fsp3) is 0.148. The van der Waals surface area contributed by atoms with Gasteiger partial charge in [0.25, 0.3) is 5.91 Å². The van der Waals surface area contributed by atoms with Crippen LogP contribution in [0, 0.1) is 11.3 Å². The molecule has 3 aromatic carbocycles. The highest BCUT2D eigenvalue weighted by Gasteiger charge is 2.40. The molecule has 0 bridgehead atoms. The molecular formula is C27H22ClN3O3S. The molecule has 1 fully saturated rings. The molecule has 1 N–H and O–H groups in total. The molecule has 1 heterocycles. The molecule has 0 aliphatic carbocycles. The van der Waals surface area contributed by atoms with Crippen LogP contribution in [-0.2, 0) is 22.6 Å². The molecule has 3 aromatic rings. The predicted octanol–water partition coefficient (Wildman–Crippen LogP) is 5.09. The number of ether oxygens (including phenoxy) is 1. The predicted molar refractivity (Wildman–Crippen MR) is 138 cm³/mol. The van der Waals surface area contributed by atoms with E-state index in [1.807, 2.05) is 48.5 Å². The van der Waals surface area contributed by atoms with E-state index in [0.29, 0.717) is 27.9 Å². The second-order valence-corrected chi connectivity index (χ2v) is 9.40. The van der Waals surface area contributed by atoms with Crippen molar-refractivity contribution in [1.29, 1.82) is 5.26 Å². The Balaban J connectivity index is 1.67. The van der Waals surface area contributed by atoms with Crippen LogP contribution in [0.15, 0.2) is 89.5 Å². The van der Waals surface area contributed by atoms with Gasteiger partial charge < -0.3 is 10.1 Å². The molecule has 4 rings (SSSR count). The van der Waals surface area contributed by atoms with Crippen molar-refractivity contribution >= 4 is 40.9 Å². The Hall–Kier alpha value is -3.73. The number of methoxy groups -OCH3 is 1. The van der Waals surface area contributed by atoms with Crippen molar-refractivity contribution in [3.05, 3.63) is 106 Å². The van der Waals surface area contributed by atoms with E-state index in [-0.39, 0.29) is 18.0 Å². The standard InChI is InChI=1S/C27H22ClN3O3S/c1-34-22-13-11-21(12-14-22)31-26(33)24(15-18-7-9-20(28)10-8-18)35-27(31)23(16-29)25(32)30-17-19-5-3-2-4-6-19/h2-14,24H,15,17H2,1H3,(H,30,32)/b27-23-. The lowest BCUT2D eigenvalue weighted by atomic mass is 10.1. The topological polar surface area (TPSA) is 82.4 Å². The van der Waals surface area contributed by atoms with Gasteiger partial charge in [-0.2, -0.15) is 5.26 Å². The Morgan fingerprint density at radius 1 is 1.06 bits per heavy atom. The molecule has 1 aliphatic rings. The highest BCUT2D eigenvalue weighted by molar-refractivity contribution is 8.05. The van der Waals surface area contributed by atoms with Gasteiger partial charge in [0.05, 0.1) is 12.4 Å². The molecule has 8 heteroatoms. The molecule has 0 saturated carbocycles. The lowest BCUT2D eigenvalue weighted by Crippen LogP contribution is -2.32. The summed E-state index contributed by atoms with van der Waals surface area (Å²) >= 11 is 7.22. The molecule has 1 atom stereocenters. The van der Waals surface area contributed by atoms with Gasteiger partial charge >= 0.3 is 0 Å². The third-order valence-electron chi connectivity index (χ3n) is 5.47. The first-order chi connectivity index (χ1) is 17.0. The molecule has 0 aromatic heterocycles. The Labute approximate surface area is 213 Å². The maximum Gasteiger partial charge on any atom is 0.264 e. The molecule has 2 amide bonds. The van der Waals surface area contributed by atoms with Crippen molar-refractivity contribution in [2.45, 2.75) is 18.2 Å². The summed E-state index contributed by atoms with van der Waals surface area (Å²) in [6, 6.07) is 25.7. The SMILES string of the molecule is COc1ccc(N2C(=O)C(Cc3ccc(Cl)cc3)S/C2=C(/C#N)C(=O)NCc2ccccc2)cc1. The number of nitrogens with zero attached hydrogens (tertiary/aromatic N) is 2. The average Bonchev–Trinajstić information content (AvgIpc) is 3.20. The highest BCUT2D eigenvalue weighted by atomic mass is 35.5. The largest absolute Gasteiger partial charge is 0.497 e. The van der Waals surface area contributed by atoms with E-state index < -0.39 is 11.2 Å². The first kappa shape index (κ1) is 24.4. The normalized spacial score (nSPS) is 16.5. The van der Waals surface area contributed by atoms with Crippen LogP contribution in [0.1, 0.15) is 11.1 Å². The number of benzene rings is 3. The van der Waals surface area contributed by atoms with Gasteiger partial charge in [0.1, 0.15) is 22.4 Å². The summed E-state index contributed by atoms with van der Waals surface area (Å²) in [6.45, 7) is 0.271. The second-order valence-electron chi connectivity index (χ2n) is 7.77. The van der Waals surface area contributed by atoms with E-state index in [1.165, 1.54) is 16.7 Å². The van der Waals surface area contributed by atoms with Crippen molar-refractivity contribution < 1.29 is 14.3 Å². The van der Waals surface area contributed by atoms with Gasteiger partial charge in [-0.05, 0) is 53.9 Å². The van der Waals surface area contributed by atoms with Crippen LogP contribution in [-0.4, -0.2) is 24.2 Å². The zero-order valence-electron chi connectivity index (χ0n) is 18.9. The fourth-order valence-corrected chi connectivity index (χ4v) is 5.09. The lowest BCUT2D eigenvalue weighted by molar-refractivity contribution is -0.117. The van der Waals surface area contributed by atoms with Gasteiger partial charge in [0, 0.05) is 17.3 Å². The van der Waals surface area contributed by atoms with Crippen LogP contribution in [0.25, 0.3) is 0 Å². The third-order valence-corrected chi connectivity index (χ3v) is 6.98. The smallest absolute Gasteiger partial charge is 0.264 e. The summed E-state index contributed by atoms with van der Waals surface area (Å²) in [7, 11) is 1.56. The number of thioether (sulfide) groups is 1. The molecule has 1 unspecified atom stereocenters. The van der Waals surface area contributed by atoms with Gasteiger partial charge in [0.2, 0.25) is 5.91 Å². The monoisotopic (exact) mass is 503 g/mol. The van der Waals surface area contributed by atoms with Gasteiger partial charge in [0.15, 0.2) is 0 Å². The molecule has 0 spiro atoms. The quantitative estimate of drug-likeness (QED) is 0.358. The average molecular weight is 504 g/mol. The first-order valence-corrected chi connectivity index (χ1v) is 12.1. The second kappa shape index (κ2) is 11.1. The third kappa shape index (κ3) is 5.68. The zero-order valence-corrected chi connectivity index (χ0v) is 20.5. The van der Waals surface area contributed by atoms with Gasteiger partial charge in [-0.1, -0.05) is 65.8 Å². The Morgan fingerprint density at radius 2 is 1.74 bits per heavy atom.